The van der Waals surface area contributed by atoms with Gasteiger partial charge < -0.3 is 10.1 Å². The number of ether oxygens (including phenoxy) is 1. The third-order valence-electron chi connectivity index (χ3n) is 5.73. The minimum atomic E-state index is -0.418. The number of hydrogen-bond acceptors (Lipinski definition) is 4. The van der Waals surface area contributed by atoms with Crippen molar-refractivity contribution in [1.29, 1.82) is 0 Å². The number of anilines is 2. The van der Waals surface area contributed by atoms with E-state index in [-0.39, 0.29) is 11.3 Å². The molecular weight excluding hydrogens is 424 g/mol. The minimum absolute atomic E-state index is 0.200. The maximum atomic E-state index is 13.7. The van der Waals surface area contributed by atoms with Crippen LogP contribution in [0.5, 0.6) is 5.75 Å². The predicted octanol–water partition coefficient (Wildman–Crippen LogP) is 5.67. The molecule has 4 rings (SSSR count). The average Bonchev–Trinajstić information content (AvgIpc) is 3.01. The molecule has 3 aromatic carbocycles. The van der Waals surface area contributed by atoms with Crippen LogP contribution in [-0.2, 0) is 9.59 Å². The Morgan fingerprint density at radius 3 is 2.34 bits per heavy atom. The smallest absolute Gasteiger partial charge is 0.282 e. The van der Waals surface area contributed by atoms with Crippen LogP contribution in [0, 0.1) is 20.8 Å². The molecule has 0 unspecified atom stereocenters. The number of halogens is 1. The number of benzene rings is 3. The molecular formula is C26H23ClN2O3. The van der Waals surface area contributed by atoms with E-state index >= 15 is 0 Å². The molecule has 2 amide bonds. The van der Waals surface area contributed by atoms with Gasteiger partial charge in [-0.15, -0.1) is 0 Å². The normalized spacial score (nSPS) is 13.7. The van der Waals surface area contributed by atoms with Crippen LogP contribution >= 0.6 is 11.6 Å². The number of amides is 2. The Labute approximate surface area is 192 Å². The predicted molar refractivity (Wildman–Crippen MR) is 128 cm³/mol. The summed E-state index contributed by atoms with van der Waals surface area (Å²) in [6, 6.07) is 18.1. The van der Waals surface area contributed by atoms with E-state index < -0.39 is 11.8 Å². The molecule has 0 atom stereocenters. The van der Waals surface area contributed by atoms with Crippen molar-refractivity contribution in [2.45, 2.75) is 20.8 Å². The summed E-state index contributed by atoms with van der Waals surface area (Å²) in [6.07, 6.45) is 0. The van der Waals surface area contributed by atoms with Crippen LogP contribution in [0.2, 0.25) is 5.02 Å². The zero-order chi connectivity index (χ0) is 23.0. The maximum absolute atomic E-state index is 13.7. The number of imide groups is 1. The van der Waals surface area contributed by atoms with Gasteiger partial charge in [-0.25, -0.2) is 4.90 Å². The number of methoxy groups -OCH3 is 1. The fourth-order valence-corrected chi connectivity index (χ4v) is 4.07. The number of rotatable bonds is 5. The lowest BCUT2D eigenvalue weighted by Gasteiger charge is -2.19. The van der Waals surface area contributed by atoms with Gasteiger partial charge in [0.25, 0.3) is 11.8 Å². The molecule has 1 N–H and O–H groups in total. The van der Waals surface area contributed by atoms with Crippen molar-refractivity contribution in [3.05, 3.63) is 93.6 Å². The second-order valence-electron chi connectivity index (χ2n) is 7.70. The van der Waals surface area contributed by atoms with Gasteiger partial charge >= 0.3 is 0 Å². The molecule has 1 aliphatic heterocycles. The van der Waals surface area contributed by atoms with Crippen molar-refractivity contribution in [1.82, 2.24) is 0 Å². The highest BCUT2D eigenvalue weighted by atomic mass is 35.5. The van der Waals surface area contributed by atoms with E-state index in [2.05, 4.69) is 5.32 Å². The fraction of sp³-hybridized carbons (Fsp3) is 0.154. The topological polar surface area (TPSA) is 58.6 Å². The first-order chi connectivity index (χ1) is 15.3. The number of nitrogens with one attached hydrogen (secondary N) is 1. The molecule has 6 heteroatoms. The van der Waals surface area contributed by atoms with Crippen molar-refractivity contribution in [2.75, 3.05) is 17.3 Å². The molecule has 0 bridgehead atoms. The highest BCUT2D eigenvalue weighted by molar-refractivity contribution is 6.46. The van der Waals surface area contributed by atoms with Gasteiger partial charge in [0.05, 0.1) is 18.4 Å². The molecule has 3 aromatic rings. The zero-order valence-electron chi connectivity index (χ0n) is 18.3. The molecule has 0 radical (unpaired) electrons. The van der Waals surface area contributed by atoms with Gasteiger partial charge in [-0.1, -0.05) is 41.9 Å². The Morgan fingerprint density at radius 1 is 0.875 bits per heavy atom. The summed E-state index contributed by atoms with van der Waals surface area (Å²) in [5.74, 6) is -0.306. The Morgan fingerprint density at radius 2 is 1.62 bits per heavy atom. The van der Waals surface area contributed by atoms with Gasteiger partial charge in [0, 0.05) is 16.3 Å². The zero-order valence-corrected chi connectivity index (χ0v) is 19.1. The molecule has 162 valence electrons. The van der Waals surface area contributed by atoms with Crippen molar-refractivity contribution in [3.63, 3.8) is 0 Å². The van der Waals surface area contributed by atoms with E-state index in [1.807, 2.05) is 45.0 Å². The van der Waals surface area contributed by atoms with E-state index in [0.29, 0.717) is 27.7 Å². The van der Waals surface area contributed by atoms with E-state index in [1.54, 1.807) is 43.5 Å². The van der Waals surface area contributed by atoms with Gasteiger partial charge in [-0.05, 0) is 67.8 Å². The van der Waals surface area contributed by atoms with Crippen LogP contribution < -0.4 is 15.0 Å². The standard InChI is InChI=1S/C26H23ClN2O3/c1-15-8-7-10-21(17(15)3)29-25(30)23(19-9-5-6-11-22(19)32-4)24(26(29)31)28-20-13-12-18(27)14-16(20)2/h5-14,28H,1-4H3. The summed E-state index contributed by atoms with van der Waals surface area (Å²) in [4.78, 5) is 28.6. The molecule has 1 aliphatic rings. The lowest BCUT2D eigenvalue weighted by Crippen LogP contribution is -2.33. The van der Waals surface area contributed by atoms with Crippen molar-refractivity contribution in [2.24, 2.45) is 0 Å². The highest BCUT2D eigenvalue weighted by Crippen LogP contribution is 2.39. The third-order valence-corrected chi connectivity index (χ3v) is 5.96. The van der Waals surface area contributed by atoms with E-state index in [1.165, 1.54) is 4.90 Å². The Kier molecular flexibility index (Phi) is 5.76. The molecule has 1 heterocycles. The van der Waals surface area contributed by atoms with Crippen LogP contribution in [0.15, 0.2) is 66.4 Å². The van der Waals surface area contributed by atoms with Gasteiger partial charge in [-0.3, -0.25) is 9.59 Å². The Hall–Kier alpha value is -3.57. The van der Waals surface area contributed by atoms with E-state index in [9.17, 15) is 9.59 Å². The third kappa shape index (κ3) is 3.65. The van der Waals surface area contributed by atoms with E-state index in [0.717, 1.165) is 16.7 Å². The number of carbonyl (C=O) groups is 2. The molecule has 5 nitrogen and oxygen atoms in total. The molecule has 0 fully saturated rings. The van der Waals surface area contributed by atoms with Crippen LogP contribution in [-0.4, -0.2) is 18.9 Å². The summed E-state index contributed by atoms with van der Waals surface area (Å²) < 4.78 is 5.50. The molecule has 0 aromatic heterocycles. The van der Waals surface area contributed by atoms with Crippen molar-refractivity contribution in [3.8, 4) is 5.75 Å². The maximum Gasteiger partial charge on any atom is 0.282 e. The number of hydrogen-bond donors (Lipinski definition) is 1. The van der Waals surface area contributed by atoms with Crippen molar-refractivity contribution < 1.29 is 14.3 Å². The molecule has 0 aliphatic carbocycles. The lowest BCUT2D eigenvalue weighted by atomic mass is 10.0. The van der Waals surface area contributed by atoms with Crippen LogP contribution in [0.4, 0.5) is 11.4 Å². The number of para-hydroxylation sites is 1. The SMILES string of the molecule is COc1ccccc1C1=C(Nc2ccc(Cl)cc2C)C(=O)N(c2cccc(C)c2C)C1=O. The van der Waals surface area contributed by atoms with E-state index in [4.69, 9.17) is 16.3 Å². The first-order valence-electron chi connectivity index (χ1n) is 10.2. The van der Waals surface area contributed by atoms with Crippen LogP contribution in [0.25, 0.3) is 5.57 Å². The summed E-state index contributed by atoms with van der Waals surface area (Å²) in [5.41, 5.74) is 5.01. The Bertz CT molecular complexity index is 1280. The molecule has 0 spiro atoms. The van der Waals surface area contributed by atoms with Gasteiger partial charge in [0.2, 0.25) is 0 Å². The number of aryl methyl sites for hydroxylation is 2. The largest absolute Gasteiger partial charge is 0.496 e. The first kappa shape index (κ1) is 21.7. The number of carbonyl (C=O) groups excluding carboxylic acids is 2. The quantitative estimate of drug-likeness (QED) is 0.513. The first-order valence-corrected chi connectivity index (χ1v) is 10.6. The number of nitrogens with zero attached hydrogens (tertiary/aromatic N) is 1. The summed E-state index contributed by atoms with van der Waals surface area (Å²) in [7, 11) is 1.54. The minimum Gasteiger partial charge on any atom is -0.496 e. The Balaban J connectivity index is 1.91. The lowest BCUT2D eigenvalue weighted by molar-refractivity contribution is -0.120. The molecule has 32 heavy (non-hydrogen) atoms. The summed E-state index contributed by atoms with van der Waals surface area (Å²) in [5, 5.41) is 3.80. The summed E-state index contributed by atoms with van der Waals surface area (Å²) >= 11 is 6.10. The van der Waals surface area contributed by atoms with Crippen LogP contribution in [0.1, 0.15) is 22.3 Å². The molecule has 0 saturated heterocycles. The second-order valence-corrected chi connectivity index (χ2v) is 8.14. The monoisotopic (exact) mass is 446 g/mol. The second kappa shape index (κ2) is 8.52. The van der Waals surface area contributed by atoms with Crippen molar-refractivity contribution >= 4 is 40.4 Å². The van der Waals surface area contributed by atoms with Gasteiger partial charge in [0.15, 0.2) is 0 Å². The highest BCUT2D eigenvalue weighted by Gasteiger charge is 2.42. The van der Waals surface area contributed by atoms with Gasteiger partial charge in [0.1, 0.15) is 11.4 Å². The van der Waals surface area contributed by atoms with Crippen LogP contribution in [0.3, 0.4) is 0 Å². The van der Waals surface area contributed by atoms with Gasteiger partial charge in [-0.2, -0.15) is 0 Å². The molecule has 0 saturated carbocycles. The average molecular weight is 447 g/mol. The summed E-state index contributed by atoms with van der Waals surface area (Å²) in [6.45, 7) is 5.75. The fourth-order valence-electron chi connectivity index (χ4n) is 3.85.